The van der Waals surface area contributed by atoms with Crippen LogP contribution < -0.4 is 15.8 Å². The van der Waals surface area contributed by atoms with Crippen LogP contribution in [0.15, 0.2) is 30.5 Å². The van der Waals surface area contributed by atoms with Gasteiger partial charge in [-0.1, -0.05) is 13.0 Å². The maximum Gasteiger partial charge on any atom is 0.417 e. The number of primary amides is 1. The van der Waals surface area contributed by atoms with Gasteiger partial charge in [0.1, 0.15) is 17.9 Å². The van der Waals surface area contributed by atoms with E-state index in [2.05, 4.69) is 10.3 Å². The lowest BCUT2D eigenvalue weighted by atomic mass is 9.77. The van der Waals surface area contributed by atoms with Gasteiger partial charge in [-0.05, 0) is 38.0 Å². The summed E-state index contributed by atoms with van der Waals surface area (Å²) in [4.78, 5) is 28.5. The molecule has 0 unspecified atom stereocenters. The molecule has 6 atom stereocenters. The Hall–Kier alpha value is -3.32. The van der Waals surface area contributed by atoms with Crippen LogP contribution in [0.25, 0.3) is 0 Å². The lowest BCUT2D eigenvalue weighted by molar-refractivity contribution is -0.272. The van der Waals surface area contributed by atoms with Gasteiger partial charge in [0.25, 0.3) is 11.8 Å². The number of aromatic nitrogens is 1. The van der Waals surface area contributed by atoms with E-state index >= 15 is 4.39 Å². The molecule has 38 heavy (non-hydrogen) atoms. The molecular weight excluding hydrogens is 517 g/mol. The predicted octanol–water partition coefficient (Wildman–Crippen LogP) is 3.83. The lowest BCUT2D eigenvalue weighted by Crippen LogP contribution is -2.47. The Balaban J connectivity index is 1.76. The number of nitrogens with zero attached hydrogens (tertiary/aromatic N) is 1. The Labute approximate surface area is 214 Å². The molecule has 4 N–H and O–H groups in total. The molecule has 0 spiro atoms. The predicted molar refractivity (Wildman–Crippen MR) is 123 cm³/mol. The lowest BCUT2D eigenvalue weighted by Gasteiger charge is -2.32. The number of amides is 2. The third-order valence-corrected chi connectivity index (χ3v) is 7.29. The van der Waals surface area contributed by atoms with Crippen molar-refractivity contribution >= 4 is 17.5 Å². The number of ether oxygens (including phenoxy) is 2. The Bertz CT molecular complexity index is 1240. The number of pyridine rings is 1. The summed E-state index contributed by atoms with van der Waals surface area (Å²) < 4.78 is 82.9. The number of rotatable bonds is 6. The van der Waals surface area contributed by atoms with Gasteiger partial charge in [-0.25, -0.2) is 4.39 Å². The molecule has 2 heterocycles. The number of hydrogen-bond donors (Lipinski definition) is 3. The molecule has 1 aliphatic heterocycles. The summed E-state index contributed by atoms with van der Waals surface area (Å²) in [7, 11) is 0. The van der Waals surface area contributed by atoms with Crippen molar-refractivity contribution in [2.24, 2.45) is 11.7 Å². The van der Waals surface area contributed by atoms with E-state index < -0.39 is 71.1 Å². The van der Waals surface area contributed by atoms with Gasteiger partial charge in [0.15, 0.2) is 17.2 Å². The van der Waals surface area contributed by atoms with Gasteiger partial charge in [0.2, 0.25) is 5.82 Å². The molecule has 1 aromatic heterocycles. The number of anilines is 1. The monoisotopic (exact) mass is 543 g/mol. The zero-order valence-electron chi connectivity index (χ0n) is 20.4. The molecule has 0 bridgehead atoms. The van der Waals surface area contributed by atoms with Crippen LogP contribution in [0.5, 0.6) is 5.75 Å². The average Bonchev–Trinajstić information content (AvgIpc) is 3.38. The van der Waals surface area contributed by atoms with Crippen LogP contribution in [-0.2, 0) is 9.53 Å². The highest BCUT2D eigenvalue weighted by molar-refractivity contribution is 5.97. The summed E-state index contributed by atoms with van der Waals surface area (Å²) >= 11 is 0. The van der Waals surface area contributed by atoms with Crippen molar-refractivity contribution in [3.05, 3.63) is 53.4 Å². The number of halogens is 5. The summed E-state index contributed by atoms with van der Waals surface area (Å²) in [6.07, 6.45) is -6.19. The van der Waals surface area contributed by atoms with E-state index in [1.165, 1.54) is 19.2 Å². The Kier molecular flexibility index (Phi) is 7.36. The number of alkyl halides is 3. The van der Waals surface area contributed by atoms with Crippen LogP contribution in [0.3, 0.4) is 0 Å². The summed E-state index contributed by atoms with van der Waals surface area (Å²) in [5, 5.41) is 12.2. The first-order chi connectivity index (χ1) is 17.7. The maximum atomic E-state index is 15.0. The van der Waals surface area contributed by atoms with E-state index in [0.29, 0.717) is 12.8 Å². The second-order valence-electron chi connectivity index (χ2n) is 9.73. The van der Waals surface area contributed by atoms with Gasteiger partial charge in [0.05, 0.1) is 6.10 Å². The highest BCUT2D eigenvalue weighted by Crippen LogP contribution is 2.55. The van der Waals surface area contributed by atoms with Gasteiger partial charge in [-0.15, -0.1) is 0 Å². The molecular formula is C25H26F5N3O5. The zero-order chi connectivity index (χ0) is 28.0. The number of nitrogens with two attached hydrogens (primary N) is 1. The molecule has 1 aliphatic carbocycles. The molecule has 2 amide bonds. The molecule has 206 valence electrons. The minimum absolute atomic E-state index is 0.0103. The molecule has 1 saturated heterocycles. The number of benzene rings is 1. The first-order valence-electron chi connectivity index (χ1n) is 11.9. The van der Waals surface area contributed by atoms with E-state index in [4.69, 9.17) is 15.2 Å². The highest BCUT2D eigenvalue weighted by Gasteiger charge is 2.66. The van der Waals surface area contributed by atoms with Crippen molar-refractivity contribution in [3.8, 4) is 5.75 Å². The summed E-state index contributed by atoms with van der Waals surface area (Å²) in [6, 6.07) is 4.24. The fraction of sp³-hybridized carbons (Fsp3) is 0.480. The van der Waals surface area contributed by atoms with Crippen LogP contribution in [0.2, 0.25) is 0 Å². The van der Waals surface area contributed by atoms with Gasteiger partial charge in [-0.3, -0.25) is 14.6 Å². The van der Waals surface area contributed by atoms with E-state index in [1.807, 2.05) is 0 Å². The van der Waals surface area contributed by atoms with Gasteiger partial charge in [-0.2, -0.15) is 17.6 Å². The quantitative estimate of drug-likeness (QED) is 0.476. The maximum absolute atomic E-state index is 15.0. The summed E-state index contributed by atoms with van der Waals surface area (Å²) in [6.45, 7) is 1.98. The molecule has 2 fully saturated rings. The van der Waals surface area contributed by atoms with Crippen molar-refractivity contribution < 1.29 is 46.1 Å². The molecule has 1 aromatic carbocycles. The third kappa shape index (κ3) is 5.04. The van der Waals surface area contributed by atoms with Gasteiger partial charge in [0, 0.05) is 35.7 Å². The standard InChI is InChI=1S/C25H26F5N3O5/c1-11-18(15-5-6-16(26)19(27)20(15)37-14-4-3-13(34)10-14)21(38-24(11,2)25(28,29)30)23(36)33-12-7-8-32-17(9-12)22(31)35/h5-9,11,13-14,18,21,34H,3-4,10H2,1-2H3,(H2,31,35)(H,32,33,36)/t11-,13+,14-,18-,21+,24+/m0/s1. The Morgan fingerprint density at radius 3 is 2.55 bits per heavy atom. The smallest absolute Gasteiger partial charge is 0.417 e. The van der Waals surface area contributed by atoms with E-state index in [-0.39, 0.29) is 23.4 Å². The number of nitrogens with one attached hydrogen (secondary N) is 1. The van der Waals surface area contributed by atoms with Crippen LogP contribution in [0.4, 0.5) is 27.6 Å². The van der Waals surface area contributed by atoms with E-state index in [9.17, 15) is 32.3 Å². The number of carbonyl (C=O) groups is 2. The summed E-state index contributed by atoms with van der Waals surface area (Å²) in [5.41, 5.74) is 1.99. The first-order valence-corrected chi connectivity index (χ1v) is 11.9. The minimum atomic E-state index is -4.93. The molecule has 4 rings (SSSR count). The van der Waals surface area contributed by atoms with Crippen LogP contribution in [0, 0.1) is 17.6 Å². The largest absolute Gasteiger partial charge is 0.487 e. The average molecular weight is 543 g/mol. The van der Waals surface area contributed by atoms with Crippen molar-refractivity contribution in [2.75, 3.05) is 5.32 Å². The summed E-state index contributed by atoms with van der Waals surface area (Å²) in [5.74, 6) is -8.12. The van der Waals surface area contributed by atoms with Crippen molar-refractivity contribution in [1.29, 1.82) is 0 Å². The second-order valence-corrected chi connectivity index (χ2v) is 9.73. The minimum Gasteiger partial charge on any atom is -0.487 e. The number of carbonyl (C=O) groups excluding carboxylic acids is 2. The molecule has 2 aromatic rings. The van der Waals surface area contributed by atoms with E-state index in [1.54, 1.807) is 0 Å². The third-order valence-electron chi connectivity index (χ3n) is 7.29. The highest BCUT2D eigenvalue weighted by atomic mass is 19.4. The van der Waals surface area contributed by atoms with Gasteiger partial charge >= 0.3 is 6.18 Å². The molecule has 13 heteroatoms. The number of aliphatic hydroxyl groups is 1. The van der Waals surface area contributed by atoms with Crippen molar-refractivity contribution in [2.45, 2.75) is 69.1 Å². The fourth-order valence-corrected chi connectivity index (χ4v) is 5.00. The molecule has 1 saturated carbocycles. The fourth-order valence-electron chi connectivity index (χ4n) is 5.00. The zero-order valence-corrected chi connectivity index (χ0v) is 20.4. The topological polar surface area (TPSA) is 124 Å². The molecule has 2 aliphatic rings. The van der Waals surface area contributed by atoms with Crippen LogP contribution >= 0.6 is 0 Å². The second kappa shape index (κ2) is 10.1. The molecule has 0 radical (unpaired) electrons. The van der Waals surface area contributed by atoms with Crippen molar-refractivity contribution in [3.63, 3.8) is 0 Å². The SMILES string of the molecule is C[C@H]1[C@@H](c2ccc(F)c(F)c2O[C@H]2CC[C@@H](O)C2)[C@H](C(=O)Nc2ccnc(C(N)=O)c2)O[C@@]1(C)C(F)(F)F. The van der Waals surface area contributed by atoms with E-state index in [0.717, 1.165) is 25.1 Å². The normalized spacial score (nSPS) is 29.3. The number of aliphatic hydroxyl groups excluding tert-OH is 1. The van der Waals surface area contributed by atoms with Gasteiger partial charge < -0.3 is 25.6 Å². The van der Waals surface area contributed by atoms with Crippen molar-refractivity contribution in [1.82, 2.24) is 4.98 Å². The number of hydrogen-bond acceptors (Lipinski definition) is 6. The van der Waals surface area contributed by atoms with Crippen LogP contribution in [-0.4, -0.2) is 52.0 Å². The Morgan fingerprint density at radius 1 is 1.24 bits per heavy atom. The first kappa shape index (κ1) is 27.7. The van der Waals surface area contributed by atoms with Crippen LogP contribution in [0.1, 0.15) is 55.1 Å². The Morgan fingerprint density at radius 2 is 1.95 bits per heavy atom. The molecule has 8 nitrogen and oxygen atoms in total.